The Kier molecular flexibility index (Phi) is 4.26. The van der Waals surface area contributed by atoms with Gasteiger partial charge in [0.2, 0.25) is 0 Å². The molecule has 0 radical (unpaired) electrons. The Balaban J connectivity index is 1.60. The molecule has 112 valence electrons. The van der Waals surface area contributed by atoms with Crippen molar-refractivity contribution in [2.24, 2.45) is 0 Å². The van der Waals surface area contributed by atoms with Gasteiger partial charge in [-0.15, -0.1) is 0 Å². The minimum absolute atomic E-state index is 0.418. The summed E-state index contributed by atoms with van der Waals surface area (Å²) in [5, 5.41) is 14.3. The molecule has 2 aromatic rings. The first-order chi connectivity index (χ1) is 10.2. The van der Waals surface area contributed by atoms with E-state index in [0.29, 0.717) is 13.1 Å². The second-order valence-electron chi connectivity index (χ2n) is 5.48. The van der Waals surface area contributed by atoms with E-state index < -0.39 is 6.10 Å². The highest BCUT2D eigenvalue weighted by atomic mass is 16.3. The number of β-amino-alcohol motifs (C(OH)–C–C–N with tert-alkyl or cyclic N) is 1. The molecule has 1 aliphatic rings. The highest BCUT2D eigenvalue weighted by Gasteiger charge is 2.20. The van der Waals surface area contributed by atoms with E-state index in [9.17, 15) is 5.11 Å². The van der Waals surface area contributed by atoms with Crippen molar-refractivity contribution in [3.05, 3.63) is 41.7 Å². The molecule has 0 aromatic carbocycles. The second kappa shape index (κ2) is 6.32. The van der Waals surface area contributed by atoms with Crippen LogP contribution < -0.4 is 0 Å². The Morgan fingerprint density at radius 3 is 3.05 bits per heavy atom. The van der Waals surface area contributed by atoms with Crippen LogP contribution in [0.4, 0.5) is 0 Å². The van der Waals surface area contributed by atoms with Crippen molar-refractivity contribution in [3.63, 3.8) is 0 Å². The average molecular weight is 287 g/mol. The van der Waals surface area contributed by atoms with Gasteiger partial charge < -0.3 is 5.11 Å². The van der Waals surface area contributed by atoms with Crippen molar-refractivity contribution in [2.45, 2.75) is 39.0 Å². The summed E-state index contributed by atoms with van der Waals surface area (Å²) in [6.07, 6.45) is 6.95. The van der Waals surface area contributed by atoms with Crippen LogP contribution in [0.25, 0.3) is 0 Å². The third-order valence-electron chi connectivity index (χ3n) is 3.82. The predicted molar refractivity (Wildman–Crippen MR) is 78.6 cm³/mol. The minimum Gasteiger partial charge on any atom is -0.390 e. The molecule has 0 amide bonds. The molecule has 0 spiro atoms. The van der Waals surface area contributed by atoms with Gasteiger partial charge in [0.05, 0.1) is 18.3 Å². The molecule has 0 aliphatic carbocycles. The molecular formula is C15H21N5O. The zero-order valence-corrected chi connectivity index (χ0v) is 12.3. The number of hydrogen-bond acceptors (Lipinski definition) is 5. The number of fused-ring (bicyclic) bond motifs is 1. The maximum atomic E-state index is 10.2. The molecule has 1 N–H and O–H groups in total. The van der Waals surface area contributed by atoms with Crippen LogP contribution in [0.1, 0.15) is 24.0 Å². The molecule has 6 heteroatoms. The zero-order valence-electron chi connectivity index (χ0n) is 12.3. The number of hydrogen-bond donors (Lipinski definition) is 1. The maximum Gasteiger partial charge on any atom is 0.128 e. The highest BCUT2D eigenvalue weighted by molar-refractivity contribution is 5.20. The molecule has 3 heterocycles. The summed E-state index contributed by atoms with van der Waals surface area (Å²) >= 11 is 0. The van der Waals surface area contributed by atoms with Crippen molar-refractivity contribution in [1.29, 1.82) is 0 Å². The predicted octanol–water partition coefficient (Wildman–Crippen LogP) is 0.655. The Labute approximate surface area is 124 Å². The number of aliphatic hydroxyl groups excluding tert-OH is 1. The largest absolute Gasteiger partial charge is 0.390 e. The zero-order chi connectivity index (χ0) is 14.7. The first-order valence-electron chi connectivity index (χ1n) is 7.46. The summed E-state index contributed by atoms with van der Waals surface area (Å²) in [6.45, 7) is 4.97. The number of aliphatic hydroxyl groups is 1. The van der Waals surface area contributed by atoms with Gasteiger partial charge in [-0.05, 0) is 18.1 Å². The molecule has 2 aromatic heterocycles. The molecule has 0 saturated carbocycles. The Hall–Kier alpha value is -1.79. The summed E-state index contributed by atoms with van der Waals surface area (Å²) in [6, 6.07) is 1.87. The van der Waals surface area contributed by atoms with Gasteiger partial charge >= 0.3 is 0 Å². The number of rotatable bonds is 5. The molecule has 1 atom stereocenters. The van der Waals surface area contributed by atoms with E-state index >= 15 is 0 Å². The van der Waals surface area contributed by atoms with Gasteiger partial charge in [-0.25, -0.2) is 9.97 Å². The molecule has 3 rings (SSSR count). The molecule has 1 unspecified atom stereocenters. The van der Waals surface area contributed by atoms with E-state index in [-0.39, 0.29) is 0 Å². The standard InChI is InChI=1S/C15H21N5O/c1-2-15-16-8-12-4-7-19(11-14(12)18-15)9-13(21)10-20-6-3-5-17-20/h3,5-6,8,13,21H,2,4,7,9-11H2,1H3. The van der Waals surface area contributed by atoms with Crippen LogP contribution in [-0.4, -0.2) is 48.9 Å². The quantitative estimate of drug-likeness (QED) is 0.875. The molecule has 1 aliphatic heterocycles. The Morgan fingerprint density at radius 2 is 2.29 bits per heavy atom. The third kappa shape index (κ3) is 3.46. The summed E-state index contributed by atoms with van der Waals surface area (Å²) in [4.78, 5) is 11.2. The summed E-state index contributed by atoms with van der Waals surface area (Å²) in [5.41, 5.74) is 2.35. The van der Waals surface area contributed by atoms with Crippen LogP contribution in [0.3, 0.4) is 0 Å². The van der Waals surface area contributed by atoms with Crippen LogP contribution in [0.2, 0.25) is 0 Å². The van der Waals surface area contributed by atoms with Crippen molar-refractivity contribution in [3.8, 4) is 0 Å². The van der Waals surface area contributed by atoms with Crippen molar-refractivity contribution < 1.29 is 5.11 Å². The van der Waals surface area contributed by atoms with Crippen molar-refractivity contribution in [1.82, 2.24) is 24.6 Å². The van der Waals surface area contributed by atoms with Gasteiger partial charge in [0.25, 0.3) is 0 Å². The summed E-state index contributed by atoms with van der Waals surface area (Å²) < 4.78 is 1.76. The van der Waals surface area contributed by atoms with Crippen molar-refractivity contribution in [2.75, 3.05) is 13.1 Å². The van der Waals surface area contributed by atoms with Gasteiger partial charge in [-0.1, -0.05) is 6.92 Å². The number of aromatic nitrogens is 4. The topological polar surface area (TPSA) is 67.1 Å². The third-order valence-corrected chi connectivity index (χ3v) is 3.82. The highest BCUT2D eigenvalue weighted by Crippen LogP contribution is 2.16. The van der Waals surface area contributed by atoms with Gasteiger partial charge in [-0.2, -0.15) is 5.10 Å². The van der Waals surface area contributed by atoms with E-state index in [1.165, 1.54) is 5.56 Å². The lowest BCUT2D eigenvalue weighted by Crippen LogP contribution is -2.38. The van der Waals surface area contributed by atoms with E-state index in [1.807, 2.05) is 18.5 Å². The van der Waals surface area contributed by atoms with E-state index in [4.69, 9.17) is 0 Å². The molecule has 0 saturated heterocycles. The normalized spacial score (nSPS) is 16.7. The van der Waals surface area contributed by atoms with Gasteiger partial charge in [0.15, 0.2) is 0 Å². The Morgan fingerprint density at radius 1 is 1.38 bits per heavy atom. The van der Waals surface area contributed by atoms with E-state index in [2.05, 4.69) is 26.9 Å². The van der Waals surface area contributed by atoms with Gasteiger partial charge in [-0.3, -0.25) is 9.58 Å². The molecule has 0 fully saturated rings. The van der Waals surface area contributed by atoms with Crippen LogP contribution >= 0.6 is 0 Å². The minimum atomic E-state index is -0.418. The van der Waals surface area contributed by atoms with E-state index in [0.717, 1.165) is 37.4 Å². The molecule has 0 bridgehead atoms. The fraction of sp³-hybridized carbons (Fsp3) is 0.533. The monoisotopic (exact) mass is 287 g/mol. The van der Waals surface area contributed by atoms with Crippen LogP contribution in [0.15, 0.2) is 24.7 Å². The average Bonchev–Trinajstić information content (AvgIpc) is 2.99. The second-order valence-corrected chi connectivity index (χ2v) is 5.48. The lowest BCUT2D eigenvalue weighted by atomic mass is 10.1. The van der Waals surface area contributed by atoms with Gasteiger partial charge in [0.1, 0.15) is 5.82 Å². The Bertz CT molecular complexity index is 584. The SMILES string of the molecule is CCc1ncc2c(n1)CN(CC(O)Cn1cccn1)CC2. The van der Waals surface area contributed by atoms with Crippen LogP contribution in [0.5, 0.6) is 0 Å². The van der Waals surface area contributed by atoms with Gasteiger partial charge in [0, 0.05) is 44.6 Å². The van der Waals surface area contributed by atoms with Crippen LogP contribution in [0, 0.1) is 0 Å². The first kappa shape index (κ1) is 14.2. The molecule has 6 nitrogen and oxygen atoms in total. The maximum absolute atomic E-state index is 10.2. The smallest absolute Gasteiger partial charge is 0.128 e. The summed E-state index contributed by atoms with van der Waals surface area (Å²) in [7, 11) is 0. The number of nitrogens with zero attached hydrogens (tertiary/aromatic N) is 5. The fourth-order valence-electron chi connectivity index (χ4n) is 2.70. The molecule has 21 heavy (non-hydrogen) atoms. The van der Waals surface area contributed by atoms with Crippen molar-refractivity contribution >= 4 is 0 Å². The lowest BCUT2D eigenvalue weighted by Gasteiger charge is -2.29. The summed E-state index contributed by atoms with van der Waals surface area (Å²) in [5.74, 6) is 0.896. The molecular weight excluding hydrogens is 266 g/mol. The number of aryl methyl sites for hydroxylation is 1. The lowest BCUT2D eigenvalue weighted by molar-refractivity contribution is 0.0880. The van der Waals surface area contributed by atoms with Crippen LogP contribution in [-0.2, 0) is 25.9 Å². The van der Waals surface area contributed by atoms with E-state index in [1.54, 1.807) is 10.9 Å². The fourth-order valence-corrected chi connectivity index (χ4v) is 2.70. The first-order valence-corrected chi connectivity index (χ1v) is 7.46.